The highest BCUT2D eigenvalue weighted by Crippen LogP contribution is 2.34. The van der Waals surface area contributed by atoms with Crippen LogP contribution in [0.4, 0.5) is 5.82 Å². The minimum atomic E-state index is -0.743. The van der Waals surface area contributed by atoms with Gasteiger partial charge in [0.15, 0.2) is 11.5 Å². The molecule has 1 aromatic carbocycles. The summed E-state index contributed by atoms with van der Waals surface area (Å²) in [5.41, 5.74) is 8.35. The van der Waals surface area contributed by atoms with E-state index >= 15 is 0 Å². The lowest BCUT2D eigenvalue weighted by molar-refractivity contribution is -0.131. The van der Waals surface area contributed by atoms with E-state index < -0.39 is 11.9 Å². The number of nitrogens with two attached hydrogens (primary N) is 2. The van der Waals surface area contributed by atoms with Crippen molar-refractivity contribution in [1.82, 2.24) is 19.5 Å². The van der Waals surface area contributed by atoms with Crippen LogP contribution in [0.2, 0.25) is 0 Å². The van der Waals surface area contributed by atoms with Crippen LogP contribution in [0.15, 0.2) is 54.7 Å². The van der Waals surface area contributed by atoms with Crippen molar-refractivity contribution in [2.45, 2.75) is 39.2 Å². The molecule has 0 aliphatic carbocycles. The van der Waals surface area contributed by atoms with Gasteiger partial charge in [0.2, 0.25) is 5.91 Å². The molecule has 4 rings (SSSR count). The van der Waals surface area contributed by atoms with Crippen LogP contribution in [0, 0.1) is 6.92 Å². The van der Waals surface area contributed by atoms with E-state index in [1.165, 1.54) is 4.68 Å². The number of piperidine rings is 1. The van der Waals surface area contributed by atoms with E-state index in [0.29, 0.717) is 47.0 Å². The average molecular weight is 488 g/mol. The molecular weight excluding hydrogens is 458 g/mol. The van der Waals surface area contributed by atoms with Crippen molar-refractivity contribution >= 4 is 23.5 Å². The van der Waals surface area contributed by atoms with Crippen molar-refractivity contribution in [1.29, 1.82) is 0 Å². The molecule has 1 unspecified atom stereocenters. The number of rotatable bonds is 6. The summed E-state index contributed by atoms with van der Waals surface area (Å²) in [5, 5.41) is 2.76. The van der Waals surface area contributed by atoms with Gasteiger partial charge in [0.1, 0.15) is 11.5 Å². The highest BCUT2D eigenvalue weighted by atomic mass is 16.2. The third-order valence-corrected chi connectivity index (χ3v) is 6.18. The number of anilines is 1. The highest BCUT2D eigenvalue weighted by molar-refractivity contribution is 6.04. The van der Waals surface area contributed by atoms with Crippen molar-refractivity contribution in [2.24, 2.45) is 5.73 Å². The number of nitrogens with one attached hydrogen (secondary N) is 1. The topological polar surface area (TPSA) is 149 Å². The first-order valence-corrected chi connectivity index (χ1v) is 11.7. The molecule has 1 atom stereocenters. The number of hydrogen-bond acceptors (Lipinski definition) is 6. The van der Waals surface area contributed by atoms with Gasteiger partial charge in [0.25, 0.3) is 11.8 Å². The van der Waals surface area contributed by atoms with Crippen LogP contribution in [0.25, 0.3) is 11.3 Å². The highest BCUT2D eigenvalue weighted by Gasteiger charge is 2.34. The van der Waals surface area contributed by atoms with E-state index in [4.69, 9.17) is 11.6 Å². The summed E-state index contributed by atoms with van der Waals surface area (Å²) in [6.45, 7) is 7.89. The van der Waals surface area contributed by atoms with Gasteiger partial charge in [0.05, 0.1) is 6.04 Å². The standard InChI is InChI=1S/C26H29N7O3/c1-15(2)26(36)32-13-5-4-6-19(32)24-31-21(22(23(27)34)33(24)28)17-7-9-18(10-8-17)25(35)30-20-14-16(3)11-12-29-20/h7-12,14,19H,1,4-6,13,28H2,2-3H3,(H2,27,34)(H,29,30,35). The van der Waals surface area contributed by atoms with Crippen molar-refractivity contribution in [2.75, 3.05) is 17.7 Å². The van der Waals surface area contributed by atoms with Crippen molar-refractivity contribution in [3.8, 4) is 11.3 Å². The Labute approximate surface area is 209 Å². The number of carbonyl (C=O) groups excluding carboxylic acids is 3. The van der Waals surface area contributed by atoms with Crippen molar-refractivity contribution < 1.29 is 14.4 Å². The summed E-state index contributed by atoms with van der Waals surface area (Å²) in [6, 6.07) is 9.80. The predicted molar refractivity (Wildman–Crippen MR) is 136 cm³/mol. The maximum atomic E-state index is 12.8. The Balaban J connectivity index is 1.66. The summed E-state index contributed by atoms with van der Waals surface area (Å²) in [6.07, 6.45) is 4.02. The SMILES string of the molecule is C=C(C)C(=O)N1CCCCC1c1nc(-c2ccc(C(=O)Nc3cc(C)ccn3)cc2)c(C(N)=O)n1N. The van der Waals surface area contributed by atoms with Crippen LogP contribution in [0.5, 0.6) is 0 Å². The zero-order valence-corrected chi connectivity index (χ0v) is 20.3. The molecule has 0 bridgehead atoms. The number of hydrogen-bond donors (Lipinski definition) is 3. The zero-order chi connectivity index (χ0) is 26.0. The predicted octanol–water partition coefficient (Wildman–Crippen LogP) is 2.95. The Bertz CT molecular complexity index is 1340. The van der Waals surface area contributed by atoms with Gasteiger partial charge < -0.3 is 21.8 Å². The van der Waals surface area contributed by atoms with Crippen molar-refractivity contribution in [3.05, 3.63) is 77.4 Å². The second-order valence-electron chi connectivity index (χ2n) is 8.94. The molecule has 0 saturated carbocycles. The minimum Gasteiger partial charge on any atom is -0.364 e. The maximum absolute atomic E-state index is 12.8. The molecule has 3 aromatic rings. The Morgan fingerprint density at radius 3 is 2.50 bits per heavy atom. The van der Waals surface area contributed by atoms with Gasteiger partial charge >= 0.3 is 0 Å². The van der Waals surface area contributed by atoms with E-state index in [-0.39, 0.29) is 17.5 Å². The summed E-state index contributed by atoms with van der Waals surface area (Å²) < 4.78 is 1.18. The molecule has 5 N–H and O–H groups in total. The third-order valence-electron chi connectivity index (χ3n) is 6.18. The minimum absolute atomic E-state index is 0.0273. The fraction of sp³-hybridized carbons (Fsp3) is 0.269. The van der Waals surface area contributed by atoms with E-state index in [9.17, 15) is 14.4 Å². The molecule has 10 heteroatoms. The van der Waals surface area contributed by atoms with E-state index in [1.807, 2.05) is 13.0 Å². The Kier molecular flexibility index (Phi) is 6.86. The van der Waals surface area contributed by atoms with Crippen LogP contribution in [-0.4, -0.2) is 43.8 Å². The summed E-state index contributed by atoms with van der Waals surface area (Å²) in [5.74, 6) is 5.89. The van der Waals surface area contributed by atoms with E-state index in [1.54, 1.807) is 48.4 Å². The van der Waals surface area contributed by atoms with Gasteiger partial charge in [-0.3, -0.25) is 14.4 Å². The number of benzene rings is 1. The molecule has 2 aromatic heterocycles. The summed E-state index contributed by atoms with van der Waals surface area (Å²) in [7, 11) is 0. The third kappa shape index (κ3) is 4.83. The fourth-order valence-electron chi connectivity index (χ4n) is 4.38. The average Bonchev–Trinajstić information content (AvgIpc) is 3.20. The van der Waals surface area contributed by atoms with Gasteiger partial charge in [-0.2, -0.15) is 0 Å². The molecule has 36 heavy (non-hydrogen) atoms. The van der Waals surface area contributed by atoms with Crippen LogP contribution >= 0.6 is 0 Å². The van der Waals surface area contributed by atoms with E-state index in [2.05, 4.69) is 21.9 Å². The zero-order valence-electron chi connectivity index (χ0n) is 20.3. The molecule has 0 spiro atoms. The van der Waals surface area contributed by atoms with Gasteiger partial charge in [0, 0.05) is 29.4 Å². The Morgan fingerprint density at radius 2 is 1.86 bits per heavy atom. The molecule has 1 aliphatic heterocycles. The van der Waals surface area contributed by atoms with Gasteiger partial charge in [-0.05, 0) is 62.9 Å². The lowest BCUT2D eigenvalue weighted by atomic mass is 10.0. The van der Waals surface area contributed by atoms with Crippen LogP contribution in [0.1, 0.15) is 64.5 Å². The van der Waals surface area contributed by atoms with Crippen LogP contribution < -0.4 is 16.9 Å². The van der Waals surface area contributed by atoms with Gasteiger partial charge in [-0.1, -0.05) is 18.7 Å². The normalized spacial score (nSPS) is 15.4. The largest absolute Gasteiger partial charge is 0.364 e. The summed E-state index contributed by atoms with van der Waals surface area (Å²) in [4.78, 5) is 48.3. The number of nitrogens with zero attached hydrogens (tertiary/aromatic N) is 4. The first kappa shape index (κ1) is 24.6. The number of nitrogen functional groups attached to an aromatic ring is 1. The molecule has 10 nitrogen and oxygen atoms in total. The number of carbonyl (C=O) groups is 3. The first-order chi connectivity index (χ1) is 17.2. The first-order valence-electron chi connectivity index (χ1n) is 11.7. The number of primary amides is 1. The second kappa shape index (κ2) is 10.0. The lowest BCUT2D eigenvalue weighted by Gasteiger charge is -2.35. The number of aromatic nitrogens is 3. The monoisotopic (exact) mass is 487 g/mol. The van der Waals surface area contributed by atoms with Crippen LogP contribution in [0.3, 0.4) is 0 Å². The van der Waals surface area contributed by atoms with E-state index in [0.717, 1.165) is 18.4 Å². The molecular formula is C26H29N7O3. The summed E-state index contributed by atoms with van der Waals surface area (Å²) >= 11 is 0. The Hall–Kier alpha value is -4.47. The number of aryl methyl sites for hydroxylation is 1. The van der Waals surface area contributed by atoms with Crippen LogP contribution in [-0.2, 0) is 4.79 Å². The van der Waals surface area contributed by atoms with Gasteiger partial charge in [-0.15, -0.1) is 0 Å². The number of amides is 3. The molecule has 1 fully saturated rings. The smallest absolute Gasteiger partial charge is 0.269 e. The molecule has 3 heterocycles. The Morgan fingerprint density at radius 1 is 1.14 bits per heavy atom. The van der Waals surface area contributed by atoms with Gasteiger partial charge in [-0.25, -0.2) is 14.6 Å². The maximum Gasteiger partial charge on any atom is 0.269 e. The number of pyridine rings is 1. The second-order valence-corrected chi connectivity index (χ2v) is 8.94. The molecule has 1 saturated heterocycles. The fourth-order valence-corrected chi connectivity index (χ4v) is 4.38. The number of imidazole rings is 1. The molecule has 186 valence electrons. The van der Waals surface area contributed by atoms with Crippen molar-refractivity contribution in [3.63, 3.8) is 0 Å². The molecule has 1 aliphatic rings. The number of likely N-dealkylation sites (tertiary alicyclic amines) is 1. The molecule has 0 radical (unpaired) electrons. The molecule has 3 amide bonds. The lowest BCUT2D eigenvalue weighted by Crippen LogP contribution is -2.41. The quantitative estimate of drug-likeness (QED) is 0.359.